The van der Waals surface area contributed by atoms with Crippen LogP contribution in [0.15, 0.2) is 0 Å². The first-order valence-electron chi connectivity index (χ1n) is 6.93. The summed E-state index contributed by atoms with van der Waals surface area (Å²) in [5, 5.41) is 10.9. The van der Waals surface area contributed by atoms with Crippen molar-refractivity contribution in [2.75, 3.05) is 6.54 Å². The normalized spacial score (nSPS) is 22.4. The molecule has 2 amide bonds. The SMILES string of the molecule is CC(C)(C)OC(=O)N1CCC[C@@H](NC(=O)C(F)(F)F)[C@@H]1C(=O)O. The molecule has 1 aliphatic heterocycles. The van der Waals surface area contributed by atoms with E-state index in [1.807, 2.05) is 0 Å². The van der Waals surface area contributed by atoms with Crippen LogP contribution >= 0.6 is 0 Å². The zero-order valence-corrected chi connectivity index (χ0v) is 12.9. The van der Waals surface area contributed by atoms with Gasteiger partial charge in [0.25, 0.3) is 0 Å². The van der Waals surface area contributed by atoms with Gasteiger partial charge in [-0.2, -0.15) is 13.2 Å². The third-order valence-corrected chi connectivity index (χ3v) is 3.09. The monoisotopic (exact) mass is 340 g/mol. The number of piperidine rings is 1. The Bertz CT molecular complexity index is 487. The average Bonchev–Trinajstić information content (AvgIpc) is 2.34. The second kappa shape index (κ2) is 6.63. The maximum atomic E-state index is 12.3. The molecule has 0 saturated carbocycles. The van der Waals surface area contributed by atoms with E-state index in [0.717, 1.165) is 4.90 Å². The summed E-state index contributed by atoms with van der Waals surface area (Å²) in [6, 6.07) is -2.97. The van der Waals surface area contributed by atoms with Crippen LogP contribution in [0.2, 0.25) is 0 Å². The largest absolute Gasteiger partial charge is 0.480 e. The Hall–Kier alpha value is -2.00. The number of nitrogens with zero attached hydrogens (tertiary/aromatic N) is 1. The summed E-state index contributed by atoms with van der Waals surface area (Å²) in [4.78, 5) is 35.3. The van der Waals surface area contributed by atoms with Gasteiger partial charge in [0.15, 0.2) is 6.04 Å². The summed E-state index contributed by atoms with van der Waals surface area (Å²) < 4.78 is 42.1. The Balaban J connectivity index is 2.95. The van der Waals surface area contributed by atoms with E-state index >= 15 is 0 Å². The number of carbonyl (C=O) groups is 3. The average molecular weight is 340 g/mol. The highest BCUT2D eigenvalue weighted by molar-refractivity contribution is 5.85. The lowest BCUT2D eigenvalue weighted by Gasteiger charge is -2.39. The van der Waals surface area contributed by atoms with Crippen molar-refractivity contribution in [2.45, 2.75) is 57.5 Å². The molecule has 7 nitrogen and oxygen atoms in total. The van der Waals surface area contributed by atoms with Crippen LogP contribution in [0, 0.1) is 0 Å². The van der Waals surface area contributed by atoms with Gasteiger partial charge >= 0.3 is 24.1 Å². The maximum absolute atomic E-state index is 12.3. The molecule has 1 fully saturated rings. The number of carboxylic acid groups (broad SMARTS) is 1. The quantitative estimate of drug-likeness (QED) is 0.794. The molecule has 0 bridgehead atoms. The van der Waals surface area contributed by atoms with Gasteiger partial charge in [-0.1, -0.05) is 0 Å². The molecular formula is C13H19F3N2O5. The van der Waals surface area contributed by atoms with Gasteiger partial charge in [-0.15, -0.1) is 0 Å². The van der Waals surface area contributed by atoms with E-state index in [4.69, 9.17) is 4.74 Å². The number of ether oxygens (including phenoxy) is 1. The number of likely N-dealkylation sites (tertiary alicyclic amines) is 1. The predicted octanol–water partition coefficient (Wildman–Crippen LogP) is 1.52. The van der Waals surface area contributed by atoms with Gasteiger partial charge in [-0.05, 0) is 33.6 Å². The second-order valence-corrected chi connectivity index (χ2v) is 6.18. The van der Waals surface area contributed by atoms with Gasteiger partial charge in [0.1, 0.15) is 5.60 Å². The first-order chi connectivity index (χ1) is 10.3. The molecular weight excluding hydrogens is 321 g/mol. The smallest absolute Gasteiger partial charge is 0.471 e. The van der Waals surface area contributed by atoms with Crippen molar-refractivity contribution in [1.29, 1.82) is 0 Å². The fourth-order valence-electron chi connectivity index (χ4n) is 2.23. The molecule has 10 heteroatoms. The molecule has 132 valence electrons. The number of carboxylic acids is 1. The molecule has 0 radical (unpaired) electrons. The second-order valence-electron chi connectivity index (χ2n) is 6.18. The first kappa shape index (κ1) is 19.0. The highest BCUT2D eigenvalue weighted by Crippen LogP contribution is 2.23. The summed E-state index contributed by atoms with van der Waals surface area (Å²) >= 11 is 0. The Morgan fingerprint density at radius 1 is 1.22 bits per heavy atom. The van der Waals surface area contributed by atoms with Crippen LogP contribution in [0.1, 0.15) is 33.6 Å². The molecule has 2 atom stereocenters. The summed E-state index contributed by atoms with van der Waals surface area (Å²) in [5.74, 6) is -3.75. The number of nitrogens with one attached hydrogen (secondary N) is 1. The molecule has 0 aromatic heterocycles. The third-order valence-electron chi connectivity index (χ3n) is 3.09. The predicted molar refractivity (Wildman–Crippen MR) is 71.6 cm³/mol. The number of hydrogen-bond acceptors (Lipinski definition) is 4. The molecule has 0 aromatic rings. The molecule has 0 unspecified atom stereocenters. The highest BCUT2D eigenvalue weighted by atomic mass is 19.4. The molecule has 1 aliphatic rings. The van der Waals surface area contributed by atoms with Gasteiger partial charge in [0.2, 0.25) is 0 Å². The number of aliphatic carboxylic acids is 1. The maximum Gasteiger partial charge on any atom is 0.471 e. The van der Waals surface area contributed by atoms with Crippen molar-refractivity contribution in [2.24, 2.45) is 0 Å². The first-order valence-corrected chi connectivity index (χ1v) is 6.93. The van der Waals surface area contributed by atoms with E-state index in [-0.39, 0.29) is 19.4 Å². The van der Waals surface area contributed by atoms with E-state index in [0.29, 0.717) is 0 Å². The van der Waals surface area contributed by atoms with Crippen LogP contribution < -0.4 is 5.32 Å². The molecule has 2 N–H and O–H groups in total. The zero-order chi connectivity index (χ0) is 18.0. The Morgan fingerprint density at radius 3 is 2.22 bits per heavy atom. The van der Waals surface area contributed by atoms with Crippen LogP contribution in [-0.2, 0) is 14.3 Å². The molecule has 1 saturated heterocycles. The van der Waals surface area contributed by atoms with Crippen LogP contribution in [0.3, 0.4) is 0 Å². The van der Waals surface area contributed by atoms with Crippen LogP contribution in [0.4, 0.5) is 18.0 Å². The summed E-state index contributed by atoms with van der Waals surface area (Å²) in [6.07, 6.45) is -5.82. The minimum absolute atomic E-state index is 0.0120. The van der Waals surface area contributed by atoms with Crippen molar-refractivity contribution in [1.82, 2.24) is 10.2 Å². The highest BCUT2D eigenvalue weighted by Gasteiger charge is 2.46. The number of alkyl halides is 3. The molecule has 0 aromatic carbocycles. The van der Waals surface area contributed by atoms with E-state index in [1.165, 1.54) is 0 Å². The number of halogens is 3. The fourth-order valence-corrected chi connectivity index (χ4v) is 2.23. The molecule has 0 spiro atoms. The standard InChI is InChI=1S/C13H19F3N2O5/c1-12(2,3)23-11(22)18-6-4-5-7(8(18)9(19)20)17-10(21)13(14,15)16/h7-8H,4-6H2,1-3H3,(H,17,21)(H,19,20)/t7-,8-/m1/s1. The van der Waals surface area contributed by atoms with Crippen molar-refractivity contribution in [3.05, 3.63) is 0 Å². The van der Waals surface area contributed by atoms with Gasteiger partial charge in [0.05, 0.1) is 6.04 Å². The van der Waals surface area contributed by atoms with Gasteiger partial charge in [-0.3, -0.25) is 9.69 Å². The van der Waals surface area contributed by atoms with Gasteiger partial charge < -0.3 is 15.2 Å². The van der Waals surface area contributed by atoms with Crippen LogP contribution in [-0.4, -0.2) is 58.4 Å². The Kier molecular flexibility index (Phi) is 5.49. The number of amides is 2. The lowest BCUT2D eigenvalue weighted by atomic mass is 9.96. The van der Waals surface area contributed by atoms with Crippen molar-refractivity contribution >= 4 is 18.0 Å². The number of carbonyl (C=O) groups excluding carboxylic acids is 2. The fraction of sp³-hybridized carbons (Fsp3) is 0.769. The van der Waals surface area contributed by atoms with E-state index in [1.54, 1.807) is 26.1 Å². The third kappa shape index (κ3) is 5.29. The lowest BCUT2D eigenvalue weighted by Crippen LogP contribution is -2.62. The minimum atomic E-state index is -5.13. The molecule has 1 rings (SSSR count). The minimum Gasteiger partial charge on any atom is -0.480 e. The Morgan fingerprint density at radius 2 is 1.78 bits per heavy atom. The summed E-state index contributed by atoms with van der Waals surface area (Å²) in [7, 11) is 0. The van der Waals surface area contributed by atoms with E-state index < -0.39 is 41.8 Å². The van der Waals surface area contributed by atoms with Gasteiger partial charge in [0, 0.05) is 6.54 Å². The van der Waals surface area contributed by atoms with Crippen LogP contribution in [0.5, 0.6) is 0 Å². The van der Waals surface area contributed by atoms with Crippen LogP contribution in [0.25, 0.3) is 0 Å². The van der Waals surface area contributed by atoms with Crippen molar-refractivity contribution < 1.29 is 37.4 Å². The molecule has 1 heterocycles. The van der Waals surface area contributed by atoms with E-state index in [9.17, 15) is 32.7 Å². The van der Waals surface area contributed by atoms with E-state index in [2.05, 4.69) is 0 Å². The van der Waals surface area contributed by atoms with Crippen molar-refractivity contribution in [3.8, 4) is 0 Å². The Labute approximate surface area is 130 Å². The zero-order valence-electron chi connectivity index (χ0n) is 12.9. The molecule has 0 aliphatic carbocycles. The number of rotatable bonds is 2. The topological polar surface area (TPSA) is 95.9 Å². The molecule has 23 heavy (non-hydrogen) atoms. The number of hydrogen-bond donors (Lipinski definition) is 2. The summed E-state index contributed by atoms with van der Waals surface area (Å²) in [5.41, 5.74) is -0.887. The summed E-state index contributed by atoms with van der Waals surface area (Å²) in [6.45, 7) is 4.75. The lowest BCUT2D eigenvalue weighted by molar-refractivity contribution is -0.175. The van der Waals surface area contributed by atoms with Gasteiger partial charge in [-0.25, -0.2) is 9.59 Å². The van der Waals surface area contributed by atoms with Crippen molar-refractivity contribution in [3.63, 3.8) is 0 Å².